The normalized spacial score (nSPS) is 10.4. The van der Waals surface area contributed by atoms with Crippen LogP contribution in [0.3, 0.4) is 0 Å². The molecule has 0 heterocycles. The number of aromatic hydroxyl groups is 2. The summed E-state index contributed by atoms with van der Waals surface area (Å²) in [6.07, 6.45) is 0. The molecule has 0 radical (unpaired) electrons. The first-order chi connectivity index (χ1) is 7.52. The van der Waals surface area contributed by atoms with Crippen molar-refractivity contribution < 1.29 is 19.8 Å². The van der Waals surface area contributed by atoms with Crippen molar-refractivity contribution >= 4 is 5.91 Å². The van der Waals surface area contributed by atoms with Gasteiger partial charge in [-0.2, -0.15) is 0 Å². The number of hydrogen-bond acceptors (Lipinski definition) is 4. The average Bonchev–Trinajstić information content (AvgIpc) is 2.16. The fraction of sp³-hybridized carbons (Fsp3) is 0.364. The molecule has 0 aliphatic carbocycles. The highest BCUT2D eigenvalue weighted by molar-refractivity contribution is 5.98. The molecule has 0 saturated carbocycles. The van der Waals surface area contributed by atoms with Crippen LogP contribution in [0.25, 0.3) is 0 Å². The van der Waals surface area contributed by atoms with Gasteiger partial charge in [-0.15, -0.1) is 0 Å². The van der Waals surface area contributed by atoms with Gasteiger partial charge in [0.25, 0.3) is 5.91 Å². The summed E-state index contributed by atoms with van der Waals surface area (Å²) in [5.74, 6) is -0.967. The third-order valence-corrected chi connectivity index (χ3v) is 1.83. The fourth-order valence-electron chi connectivity index (χ4n) is 1.09. The zero-order chi connectivity index (χ0) is 12.1. The second-order valence-electron chi connectivity index (χ2n) is 3.81. The van der Waals surface area contributed by atoms with Gasteiger partial charge in [0.2, 0.25) is 0 Å². The van der Waals surface area contributed by atoms with Crippen LogP contribution in [0, 0.1) is 5.92 Å². The maximum Gasteiger partial charge on any atom is 0.282 e. The molecule has 0 aromatic heterocycles. The number of nitrogens with one attached hydrogen (secondary N) is 1. The largest absolute Gasteiger partial charge is 0.507 e. The highest BCUT2D eigenvalue weighted by Gasteiger charge is 2.15. The van der Waals surface area contributed by atoms with Crippen LogP contribution in [0.15, 0.2) is 18.2 Å². The summed E-state index contributed by atoms with van der Waals surface area (Å²) in [7, 11) is 0. The molecule has 0 fully saturated rings. The number of hydroxylamine groups is 1. The number of phenolic OH excluding ortho intramolecular Hbond substituents is 2. The van der Waals surface area contributed by atoms with E-state index in [9.17, 15) is 15.0 Å². The van der Waals surface area contributed by atoms with Crippen molar-refractivity contribution in [3.63, 3.8) is 0 Å². The lowest BCUT2D eigenvalue weighted by Gasteiger charge is -2.09. The van der Waals surface area contributed by atoms with Gasteiger partial charge in [0.15, 0.2) is 0 Å². The minimum Gasteiger partial charge on any atom is -0.507 e. The molecule has 1 amide bonds. The van der Waals surface area contributed by atoms with Gasteiger partial charge in [-0.1, -0.05) is 19.9 Å². The maximum absolute atomic E-state index is 11.5. The van der Waals surface area contributed by atoms with Crippen LogP contribution in [0.5, 0.6) is 11.5 Å². The molecule has 0 unspecified atom stereocenters. The van der Waals surface area contributed by atoms with Crippen molar-refractivity contribution in [2.24, 2.45) is 5.92 Å². The maximum atomic E-state index is 11.5. The number of hydrogen-bond donors (Lipinski definition) is 3. The SMILES string of the molecule is CC(C)CONC(=O)c1c(O)cccc1O. The Morgan fingerprint density at radius 1 is 1.38 bits per heavy atom. The monoisotopic (exact) mass is 225 g/mol. The zero-order valence-electron chi connectivity index (χ0n) is 9.23. The van der Waals surface area contributed by atoms with Crippen LogP contribution in [-0.2, 0) is 4.84 Å². The van der Waals surface area contributed by atoms with Gasteiger partial charge in [0, 0.05) is 0 Å². The van der Waals surface area contributed by atoms with Gasteiger partial charge in [-0.25, -0.2) is 5.48 Å². The van der Waals surface area contributed by atoms with E-state index in [1.165, 1.54) is 18.2 Å². The molecule has 1 aromatic carbocycles. The van der Waals surface area contributed by atoms with Crippen LogP contribution in [0.4, 0.5) is 0 Å². The summed E-state index contributed by atoms with van der Waals surface area (Å²) in [5, 5.41) is 18.8. The fourth-order valence-corrected chi connectivity index (χ4v) is 1.09. The Morgan fingerprint density at radius 2 is 1.94 bits per heavy atom. The van der Waals surface area contributed by atoms with E-state index in [1.807, 2.05) is 13.8 Å². The molecular weight excluding hydrogens is 210 g/mol. The summed E-state index contributed by atoms with van der Waals surface area (Å²) in [5.41, 5.74) is 1.96. The van der Waals surface area contributed by atoms with Crippen LogP contribution >= 0.6 is 0 Å². The summed E-state index contributed by atoms with van der Waals surface area (Å²) < 4.78 is 0. The molecule has 5 heteroatoms. The van der Waals surface area contributed by atoms with E-state index in [0.29, 0.717) is 6.61 Å². The molecule has 88 valence electrons. The summed E-state index contributed by atoms with van der Waals surface area (Å²) >= 11 is 0. The Labute approximate surface area is 93.6 Å². The van der Waals surface area contributed by atoms with Crippen LogP contribution in [0.1, 0.15) is 24.2 Å². The summed E-state index contributed by atoms with van der Waals surface area (Å²) in [6.45, 7) is 4.23. The molecule has 5 nitrogen and oxygen atoms in total. The first-order valence-corrected chi connectivity index (χ1v) is 4.95. The quantitative estimate of drug-likeness (QED) is 0.677. The highest BCUT2D eigenvalue weighted by atomic mass is 16.7. The van der Waals surface area contributed by atoms with Gasteiger partial charge in [0.1, 0.15) is 17.1 Å². The number of carbonyl (C=O) groups excluding carboxylic acids is 1. The lowest BCUT2D eigenvalue weighted by Crippen LogP contribution is -2.25. The molecule has 0 saturated heterocycles. The Bertz CT molecular complexity index is 356. The van der Waals surface area contributed by atoms with Gasteiger partial charge in [0.05, 0.1) is 6.61 Å². The predicted molar refractivity (Wildman–Crippen MR) is 58.0 cm³/mol. The van der Waals surface area contributed by atoms with E-state index < -0.39 is 5.91 Å². The van der Waals surface area contributed by atoms with Crippen LogP contribution in [-0.4, -0.2) is 22.7 Å². The highest BCUT2D eigenvalue weighted by Crippen LogP contribution is 2.25. The Kier molecular flexibility index (Phi) is 4.13. The standard InChI is InChI=1S/C11H15NO4/c1-7(2)6-16-12-11(15)10-8(13)4-3-5-9(10)14/h3-5,7,13-14H,6H2,1-2H3,(H,12,15). The van der Waals surface area contributed by atoms with Crippen molar-refractivity contribution in [1.82, 2.24) is 5.48 Å². The lowest BCUT2D eigenvalue weighted by molar-refractivity contribution is 0.0205. The Balaban J connectivity index is 2.66. The molecule has 16 heavy (non-hydrogen) atoms. The van der Waals surface area contributed by atoms with Crippen molar-refractivity contribution in [3.8, 4) is 11.5 Å². The van der Waals surface area contributed by atoms with E-state index in [-0.39, 0.29) is 23.0 Å². The van der Waals surface area contributed by atoms with Crippen LogP contribution in [0.2, 0.25) is 0 Å². The van der Waals surface area contributed by atoms with E-state index >= 15 is 0 Å². The molecule has 0 aliphatic heterocycles. The summed E-state index contributed by atoms with van der Waals surface area (Å²) in [6, 6.07) is 4.07. The number of benzene rings is 1. The zero-order valence-corrected chi connectivity index (χ0v) is 9.23. The van der Waals surface area contributed by atoms with Crippen molar-refractivity contribution in [1.29, 1.82) is 0 Å². The minimum atomic E-state index is -0.670. The van der Waals surface area contributed by atoms with E-state index in [0.717, 1.165) is 0 Å². The molecular formula is C11H15NO4. The molecule has 3 N–H and O–H groups in total. The first kappa shape index (κ1) is 12.3. The smallest absolute Gasteiger partial charge is 0.282 e. The molecule has 0 atom stereocenters. The number of amides is 1. The van der Waals surface area contributed by atoms with Crippen molar-refractivity contribution in [2.45, 2.75) is 13.8 Å². The van der Waals surface area contributed by atoms with Crippen LogP contribution < -0.4 is 5.48 Å². The lowest BCUT2D eigenvalue weighted by atomic mass is 10.1. The van der Waals surface area contributed by atoms with Gasteiger partial charge in [-0.05, 0) is 18.1 Å². The average molecular weight is 225 g/mol. The topological polar surface area (TPSA) is 78.8 Å². The van der Waals surface area contributed by atoms with Gasteiger partial charge >= 0.3 is 0 Å². The van der Waals surface area contributed by atoms with E-state index in [2.05, 4.69) is 5.48 Å². The second-order valence-corrected chi connectivity index (χ2v) is 3.81. The number of carbonyl (C=O) groups is 1. The molecule has 0 aliphatic rings. The molecule has 0 spiro atoms. The number of phenols is 2. The minimum absolute atomic E-state index is 0.189. The Morgan fingerprint density at radius 3 is 2.44 bits per heavy atom. The van der Waals surface area contributed by atoms with Crippen molar-refractivity contribution in [2.75, 3.05) is 6.61 Å². The molecule has 0 bridgehead atoms. The number of rotatable bonds is 4. The van der Waals surface area contributed by atoms with E-state index in [1.54, 1.807) is 0 Å². The van der Waals surface area contributed by atoms with Gasteiger partial charge in [-0.3, -0.25) is 9.63 Å². The first-order valence-electron chi connectivity index (χ1n) is 4.95. The Hall–Kier alpha value is -1.75. The third-order valence-electron chi connectivity index (χ3n) is 1.83. The summed E-state index contributed by atoms with van der Waals surface area (Å²) in [4.78, 5) is 16.4. The molecule has 1 rings (SSSR count). The van der Waals surface area contributed by atoms with E-state index in [4.69, 9.17) is 4.84 Å². The third kappa shape index (κ3) is 3.13. The van der Waals surface area contributed by atoms with Gasteiger partial charge < -0.3 is 10.2 Å². The molecule has 1 aromatic rings. The van der Waals surface area contributed by atoms with Crippen molar-refractivity contribution in [3.05, 3.63) is 23.8 Å². The second kappa shape index (κ2) is 5.37. The predicted octanol–water partition coefficient (Wildman–Crippen LogP) is 1.42.